The number of amides is 7. The molecule has 7 amide bonds. The molecule has 18 heteroatoms. The summed E-state index contributed by atoms with van der Waals surface area (Å²) in [6.07, 6.45) is 4.80. The van der Waals surface area contributed by atoms with Crippen molar-refractivity contribution in [3.05, 3.63) is 59.7 Å². The highest BCUT2D eigenvalue weighted by atomic mass is 16.4. The molecular formula is C40H59BN8O9. The Balaban J connectivity index is 1.56. The Labute approximate surface area is 340 Å². The average Bonchev–Trinajstić information content (AvgIpc) is 3.69. The van der Waals surface area contributed by atoms with E-state index in [4.69, 9.17) is 11.5 Å². The van der Waals surface area contributed by atoms with E-state index in [0.717, 1.165) is 30.4 Å². The lowest BCUT2D eigenvalue weighted by molar-refractivity contribution is -0.142. The van der Waals surface area contributed by atoms with Gasteiger partial charge >= 0.3 is 7.12 Å². The van der Waals surface area contributed by atoms with E-state index in [1.54, 1.807) is 12.1 Å². The first-order chi connectivity index (χ1) is 27.6. The van der Waals surface area contributed by atoms with Crippen molar-refractivity contribution >= 4 is 48.5 Å². The Hall–Kier alpha value is -5.33. The molecule has 2 aromatic carbocycles. The highest BCUT2D eigenvalue weighted by Crippen LogP contribution is 2.22. The van der Waals surface area contributed by atoms with Gasteiger partial charge < -0.3 is 53.0 Å². The summed E-state index contributed by atoms with van der Waals surface area (Å²) in [4.78, 5) is 91.8. The van der Waals surface area contributed by atoms with Crippen LogP contribution >= 0.6 is 0 Å². The second-order valence-corrected chi connectivity index (χ2v) is 14.7. The molecule has 0 radical (unpaired) electrons. The molecule has 1 fully saturated rings. The number of hydrogen-bond acceptors (Lipinski definition) is 10. The van der Waals surface area contributed by atoms with Crippen LogP contribution in [0.2, 0.25) is 0 Å². The van der Waals surface area contributed by atoms with E-state index in [2.05, 4.69) is 57.8 Å². The lowest BCUT2D eigenvalue weighted by atomic mass is 9.81. The maximum absolute atomic E-state index is 13.9. The van der Waals surface area contributed by atoms with Crippen LogP contribution in [0.4, 0.5) is 0 Å². The predicted molar refractivity (Wildman–Crippen MR) is 218 cm³/mol. The van der Waals surface area contributed by atoms with Gasteiger partial charge in [-0.15, -0.1) is 0 Å². The molecule has 316 valence electrons. The van der Waals surface area contributed by atoms with Crippen LogP contribution in [-0.2, 0) is 35.2 Å². The first-order valence-corrected chi connectivity index (χ1v) is 20.0. The maximum atomic E-state index is 13.9. The third kappa shape index (κ3) is 14.9. The molecule has 0 aliphatic carbocycles. The largest absolute Gasteiger partial charge is 0.475 e. The number of carbonyl (C=O) groups excluding carboxylic acids is 7. The number of nitrogens with zero attached hydrogens (tertiary/aromatic N) is 1. The molecule has 0 aromatic heterocycles. The van der Waals surface area contributed by atoms with Crippen LogP contribution in [0.25, 0.3) is 11.1 Å². The summed E-state index contributed by atoms with van der Waals surface area (Å²) in [7, 11) is -1.90. The molecule has 1 heterocycles. The summed E-state index contributed by atoms with van der Waals surface area (Å²) >= 11 is 0. The summed E-state index contributed by atoms with van der Waals surface area (Å²) in [6.45, 7) is 5.45. The number of nitrogens with two attached hydrogens (primary N) is 2. The quantitative estimate of drug-likeness (QED) is 0.0527. The van der Waals surface area contributed by atoms with Crippen LogP contribution in [0.3, 0.4) is 0 Å². The van der Waals surface area contributed by atoms with Crippen LogP contribution in [0.1, 0.15) is 94.5 Å². The van der Waals surface area contributed by atoms with Crippen molar-refractivity contribution in [2.24, 2.45) is 11.5 Å². The van der Waals surface area contributed by atoms with Gasteiger partial charge in [-0.3, -0.25) is 33.6 Å². The zero-order valence-electron chi connectivity index (χ0n) is 33.6. The standard InChI is InChI=1S/C40H59BN8O9/c1-4-5-9-27-12-14-28(15-13-27)29-16-18-30(19-17-29)37(53)44-22-20-35(51)47-31(10-6-7-21-42)40(56)49-23-8-11-33(49)39(55)45-25(2)36(52)48-32(24-34(43)50)38(54)46-26(3)41(57)58/h12-19,25-26,31-33,57-58H,4-11,20-24,42H2,1-3H3,(H2,43,50)(H,44,53)(H,45,55)(H,46,54)(H,47,51)(H,48,52)/t25-,26-,31-,32-,33-/m0/s1. The molecule has 11 N–H and O–H groups in total. The summed E-state index contributed by atoms with van der Waals surface area (Å²) in [6, 6.07) is 11.0. The lowest BCUT2D eigenvalue weighted by Crippen LogP contribution is -2.58. The van der Waals surface area contributed by atoms with E-state index in [1.807, 2.05) is 12.1 Å². The Morgan fingerprint density at radius 2 is 1.50 bits per heavy atom. The third-order valence-electron chi connectivity index (χ3n) is 9.92. The number of primary amides is 1. The van der Waals surface area contributed by atoms with Gasteiger partial charge in [-0.25, -0.2) is 0 Å². The van der Waals surface area contributed by atoms with Crippen LogP contribution in [0.5, 0.6) is 0 Å². The van der Waals surface area contributed by atoms with Gasteiger partial charge in [0, 0.05) is 25.1 Å². The molecule has 2 aromatic rings. The van der Waals surface area contributed by atoms with Gasteiger partial charge in [-0.1, -0.05) is 49.7 Å². The zero-order chi connectivity index (χ0) is 42.8. The Kier molecular flexibility index (Phi) is 19.3. The smallest absolute Gasteiger partial charge is 0.426 e. The summed E-state index contributed by atoms with van der Waals surface area (Å²) < 4.78 is 0. The summed E-state index contributed by atoms with van der Waals surface area (Å²) in [5.74, 6) is -5.67. The summed E-state index contributed by atoms with van der Waals surface area (Å²) in [5, 5.41) is 31.2. The van der Waals surface area contributed by atoms with E-state index in [9.17, 15) is 43.6 Å². The van der Waals surface area contributed by atoms with E-state index >= 15 is 0 Å². The van der Waals surface area contributed by atoms with Crippen LogP contribution in [0, 0.1) is 0 Å². The number of unbranched alkanes of at least 4 members (excludes halogenated alkanes) is 2. The molecule has 1 saturated heterocycles. The topological polar surface area (TPSA) is 275 Å². The maximum Gasteiger partial charge on any atom is 0.475 e. The van der Waals surface area contributed by atoms with Gasteiger partial charge in [-0.2, -0.15) is 0 Å². The van der Waals surface area contributed by atoms with Gasteiger partial charge in [0.25, 0.3) is 5.91 Å². The predicted octanol–water partition coefficient (Wildman–Crippen LogP) is -0.197. The minimum Gasteiger partial charge on any atom is -0.426 e. The SMILES string of the molecule is CCCCc1ccc(-c2ccc(C(=O)NCCC(=O)N[C@@H](CCCCN)C(=O)N3CCC[C@H]3C(=O)N[C@@H](C)C(=O)N[C@@H](CC(N)=O)C(=O)N[C@@H](C)B(O)O)cc2)cc1. The van der Waals surface area contributed by atoms with E-state index in [1.165, 1.54) is 24.3 Å². The zero-order valence-corrected chi connectivity index (χ0v) is 33.6. The number of likely N-dealkylation sites (tertiary alicyclic amines) is 1. The number of nitrogens with one attached hydrogen (secondary N) is 5. The van der Waals surface area contributed by atoms with Gasteiger partial charge in [0.15, 0.2) is 0 Å². The number of carbonyl (C=O) groups is 7. The molecule has 0 spiro atoms. The van der Waals surface area contributed by atoms with Crippen molar-refractivity contribution in [2.45, 2.75) is 115 Å². The number of hydrogen-bond donors (Lipinski definition) is 9. The Morgan fingerprint density at radius 3 is 2.10 bits per heavy atom. The lowest BCUT2D eigenvalue weighted by Gasteiger charge is -2.29. The fourth-order valence-electron chi connectivity index (χ4n) is 6.45. The minimum atomic E-state index is -1.90. The first kappa shape index (κ1) is 47.1. The fraction of sp³-hybridized carbons (Fsp3) is 0.525. The molecule has 3 rings (SSSR count). The van der Waals surface area contributed by atoms with Gasteiger partial charge in [0.1, 0.15) is 24.2 Å². The molecule has 1 aliphatic heterocycles. The second-order valence-electron chi connectivity index (χ2n) is 14.7. The van der Waals surface area contributed by atoms with E-state index < -0.39 is 79.1 Å². The first-order valence-electron chi connectivity index (χ1n) is 20.0. The molecule has 58 heavy (non-hydrogen) atoms. The molecule has 5 atom stereocenters. The summed E-state index contributed by atoms with van der Waals surface area (Å²) in [5.41, 5.74) is 14.7. The second kappa shape index (κ2) is 23.8. The fourth-order valence-corrected chi connectivity index (χ4v) is 6.45. The molecule has 0 unspecified atom stereocenters. The normalized spacial score (nSPS) is 15.6. The van der Waals surface area contributed by atoms with E-state index in [0.29, 0.717) is 37.8 Å². The van der Waals surface area contributed by atoms with Crippen molar-refractivity contribution in [1.82, 2.24) is 31.5 Å². The highest BCUT2D eigenvalue weighted by molar-refractivity contribution is 6.43. The number of aryl methyl sites for hydroxylation is 1. The van der Waals surface area contributed by atoms with Crippen molar-refractivity contribution < 1.29 is 43.6 Å². The molecular weight excluding hydrogens is 747 g/mol. The Bertz CT molecular complexity index is 1710. The van der Waals surface area contributed by atoms with E-state index in [-0.39, 0.29) is 31.8 Å². The van der Waals surface area contributed by atoms with Crippen LogP contribution in [0.15, 0.2) is 48.5 Å². The van der Waals surface area contributed by atoms with Gasteiger partial charge in [0.2, 0.25) is 35.4 Å². The van der Waals surface area contributed by atoms with Gasteiger partial charge in [-0.05, 0) is 94.2 Å². The minimum absolute atomic E-state index is 0.0222. The number of rotatable bonds is 23. The van der Waals surface area contributed by atoms with Crippen LogP contribution < -0.4 is 38.1 Å². The van der Waals surface area contributed by atoms with Crippen molar-refractivity contribution in [3.63, 3.8) is 0 Å². The highest BCUT2D eigenvalue weighted by Gasteiger charge is 2.38. The average molecular weight is 807 g/mol. The van der Waals surface area contributed by atoms with Gasteiger partial charge in [0.05, 0.1) is 12.4 Å². The molecule has 1 aliphatic rings. The molecule has 17 nitrogen and oxygen atoms in total. The Morgan fingerprint density at radius 1 is 0.845 bits per heavy atom. The third-order valence-corrected chi connectivity index (χ3v) is 9.92. The van der Waals surface area contributed by atoms with Crippen molar-refractivity contribution in [3.8, 4) is 11.1 Å². The number of benzene rings is 2. The van der Waals surface area contributed by atoms with Crippen molar-refractivity contribution in [1.29, 1.82) is 0 Å². The molecule has 0 saturated carbocycles. The monoisotopic (exact) mass is 806 g/mol. The van der Waals surface area contributed by atoms with Crippen molar-refractivity contribution in [2.75, 3.05) is 19.6 Å². The van der Waals surface area contributed by atoms with Crippen LogP contribution in [-0.4, -0.2) is 113 Å². The molecule has 0 bridgehead atoms.